The van der Waals surface area contributed by atoms with Gasteiger partial charge in [-0.2, -0.15) is 0 Å². The van der Waals surface area contributed by atoms with Crippen molar-refractivity contribution in [3.05, 3.63) is 12.2 Å². The quantitative estimate of drug-likeness (QED) is 0.428. The summed E-state index contributed by atoms with van der Waals surface area (Å²) in [6.07, 6.45) is 10.2. The average molecular weight is 252 g/mol. The molecule has 4 nitrogen and oxygen atoms in total. The van der Waals surface area contributed by atoms with Crippen LogP contribution in [0.5, 0.6) is 0 Å². The van der Waals surface area contributed by atoms with Crippen LogP contribution in [0.4, 0.5) is 0 Å². The number of unbranched alkanes of at least 4 members (excludes halogenated alkanes) is 1. The Hall–Kier alpha value is -1.16. The van der Waals surface area contributed by atoms with Crippen LogP contribution >= 0.6 is 0 Å². The molecule has 0 aromatic heterocycles. The van der Waals surface area contributed by atoms with Gasteiger partial charge in [-0.3, -0.25) is 4.79 Å². The molecule has 4 heteroatoms. The number of aliphatic carboxylic acids is 1. The Morgan fingerprint density at radius 3 is 2.78 bits per heavy atom. The van der Waals surface area contributed by atoms with E-state index in [2.05, 4.69) is 6.08 Å². The number of hydrogen-bond acceptors (Lipinski definition) is 3. The first-order valence-electron chi connectivity index (χ1n) is 6.70. The van der Waals surface area contributed by atoms with Crippen LogP contribution in [0.1, 0.15) is 38.5 Å². The highest BCUT2D eigenvalue weighted by Gasteiger charge is 2.47. The molecule has 0 amide bonds. The number of fused-ring (bicyclic) bond motifs is 2. The van der Waals surface area contributed by atoms with E-state index in [0.717, 1.165) is 32.0 Å². The number of carbonyl (C=O) groups is 2. The third-order valence-corrected chi connectivity index (χ3v) is 3.98. The van der Waals surface area contributed by atoms with Crippen molar-refractivity contribution >= 4 is 12.3 Å². The van der Waals surface area contributed by atoms with E-state index in [1.807, 2.05) is 6.08 Å². The summed E-state index contributed by atoms with van der Waals surface area (Å²) in [5.41, 5.74) is 0. The zero-order valence-electron chi connectivity index (χ0n) is 10.5. The van der Waals surface area contributed by atoms with E-state index >= 15 is 0 Å². The third-order valence-electron chi connectivity index (χ3n) is 3.98. The fraction of sp³-hybridized carbons (Fsp3) is 0.714. The van der Waals surface area contributed by atoms with E-state index in [1.165, 1.54) is 0 Å². The van der Waals surface area contributed by atoms with E-state index in [1.54, 1.807) is 0 Å². The highest BCUT2D eigenvalue weighted by atomic mass is 16.5. The molecular formula is C14H20O4. The summed E-state index contributed by atoms with van der Waals surface area (Å²) < 4.78 is 5.76. The molecule has 0 radical (unpaired) electrons. The molecule has 2 bridgehead atoms. The predicted octanol–water partition coefficient (Wildman–Crippen LogP) is 2.18. The Balaban J connectivity index is 1.71. The van der Waals surface area contributed by atoms with Crippen LogP contribution in [-0.4, -0.2) is 29.6 Å². The summed E-state index contributed by atoms with van der Waals surface area (Å²) in [4.78, 5) is 21.4. The van der Waals surface area contributed by atoms with Gasteiger partial charge in [0.05, 0.1) is 12.2 Å². The molecule has 1 N–H and O–H groups in total. The summed E-state index contributed by atoms with van der Waals surface area (Å²) in [7, 11) is 0. The maximum atomic E-state index is 11.0. The topological polar surface area (TPSA) is 63.6 Å². The van der Waals surface area contributed by atoms with Crippen LogP contribution in [0.25, 0.3) is 0 Å². The Kier molecular flexibility index (Phi) is 4.53. The summed E-state index contributed by atoms with van der Waals surface area (Å²) in [6, 6.07) is 0. The average Bonchev–Trinajstić information content (AvgIpc) is 2.93. The van der Waals surface area contributed by atoms with Gasteiger partial charge < -0.3 is 14.6 Å². The minimum absolute atomic E-state index is 0.0624. The second-order valence-electron chi connectivity index (χ2n) is 5.16. The molecule has 18 heavy (non-hydrogen) atoms. The first-order valence-corrected chi connectivity index (χ1v) is 6.70. The van der Waals surface area contributed by atoms with Crippen molar-refractivity contribution in [3.8, 4) is 0 Å². The maximum Gasteiger partial charge on any atom is 0.303 e. The lowest BCUT2D eigenvalue weighted by Crippen LogP contribution is -2.27. The molecule has 2 heterocycles. The van der Waals surface area contributed by atoms with Crippen molar-refractivity contribution < 1.29 is 19.4 Å². The molecule has 4 atom stereocenters. The molecule has 2 rings (SSSR count). The molecule has 0 aromatic carbocycles. The number of ether oxygens (including phenoxy) is 1. The van der Waals surface area contributed by atoms with Crippen LogP contribution in [0.15, 0.2) is 12.2 Å². The number of rotatable bonds is 7. The lowest BCUT2D eigenvalue weighted by Gasteiger charge is -2.22. The van der Waals surface area contributed by atoms with Crippen molar-refractivity contribution in [1.82, 2.24) is 0 Å². The summed E-state index contributed by atoms with van der Waals surface area (Å²) in [5.74, 6) is -0.352. The van der Waals surface area contributed by atoms with Gasteiger partial charge in [-0.15, -0.1) is 0 Å². The first-order chi connectivity index (χ1) is 8.72. The molecule has 2 saturated heterocycles. The number of allylic oxidation sites excluding steroid dienone is 2. The SMILES string of the molecule is O=C[C@H]1[C@H](C/C=C\CCCC(=O)O)[C@H]2CC[C@H]1O2. The molecule has 2 fully saturated rings. The van der Waals surface area contributed by atoms with Gasteiger partial charge in [0.25, 0.3) is 0 Å². The molecule has 0 saturated carbocycles. The molecule has 2 aliphatic rings. The number of carbonyl (C=O) groups excluding carboxylic acids is 1. The van der Waals surface area contributed by atoms with Crippen molar-refractivity contribution in [2.24, 2.45) is 11.8 Å². The van der Waals surface area contributed by atoms with Crippen molar-refractivity contribution in [2.75, 3.05) is 0 Å². The molecule has 100 valence electrons. The fourth-order valence-corrected chi connectivity index (χ4v) is 3.05. The number of carboxylic acids is 1. The van der Waals surface area contributed by atoms with Gasteiger partial charge in [0, 0.05) is 18.3 Å². The van der Waals surface area contributed by atoms with Gasteiger partial charge in [0.2, 0.25) is 0 Å². The number of carboxylic acid groups (broad SMARTS) is 1. The van der Waals surface area contributed by atoms with Gasteiger partial charge in [-0.25, -0.2) is 0 Å². The largest absolute Gasteiger partial charge is 0.481 e. The van der Waals surface area contributed by atoms with Gasteiger partial charge in [-0.05, 0) is 32.1 Å². The molecule has 0 aliphatic carbocycles. The number of hydrogen-bond donors (Lipinski definition) is 1. The normalized spacial score (nSPS) is 34.2. The van der Waals surface area contributed by atoms with Gasteiger partial charge in [0.1, 0.15) is 6.29 Å². The fourth-order valence-electron chi connectivity index (χ4n) is 3.05. The Labute approximate surface area is 107 Å². The third kappa shape index (κ3) is 2.99. The Bertz CT molecular complexity index is 337. The minimum atomic E-state index is -0.745. The van der Waals surface area contributed by atoms with Gasteiger partial charge in [0.15, 0.2) is 0 Å². The minimum Gasteiger partial charge on any atom is -0.481 e. The van der Waals surface area contributed by atoms with Crippen LogP contribution in [0.3, 0.4) is 0 Å². The van der Waals surface area contributed by atoms with Gasteiger partial charge >= 0.3 is 5.97 Å². The van der Waals surface area contributed by atoms with Crippen LogP contribution in [0.2, 0.25) is 0 Å². The standard InChI is InChI=1S/C14H20O4/c15-9-11-10(12-7-8-13(11)18-12)5-3-1-2-4-6-14(16)17/h1,3,9-13H,2,4-8H2,(H,16,17)/b3-1-/t10-,11-,12+,13+/m0/s1. The lowest BCUT2D eigenvalue weighted by atomic mass is 9.78. The summed E-state index contributed by atoms with van der Waals surface area (Å²) in [6.45, 7) is 0. The lowest BCUT2D eigenvalue weighted by molar-refractivity contribution is -0.137. The van der Waals surface area contributed by atoms with Crippen LogP contribution in [0, 0.1) is 11.8 Å². The molecule has 0 aromatic rings. The van der Waals surface area contributed by atoms with E-state index < -0.39 is 5.97 Å². The highest BCUT2D eigenvalue weighted by molar-refractivity contribution is 5.66. The van der Waals surface area contributed by atoms with E-state index in [4.69, 9.17) is 9.84 Å². The molecule has 2 aliphatic heterocycles. The predicted molar refractivity (Wildman–Crippen MR) is 66.2 cm³/mol. The van der Waals surface area contributed by atoms with E-state index in [-0.39, 0.29) is 24.5 Å². The molecule has 0 unspecified atom stereocenters. The smallest absolute Gasteiger partial charge is 0.303 e. The van der Waals surface area contributed by atoms with E-state index in [0.29, 0.717) is 12.3 Å². The number of aldehydes is 1. The van der Waals surface area contributed by atoms with E-state index in [9.17, 15) is 9.59 Å². The summed E-state index contributed by atoms with van der Waals surface area (Å²) >= 11 is 0. The second kappa shape index (κ2) is 6.14. The zero-order chi connectivity index (χ0) is 13.0. The highest BCUT2D eigenvalue weighted by Crippen LogP contribution is 2.44. The monoisotopic (exact) mass is 252 g/mol. The molecule has 0 spiro atoms. The van der Waals surface area contributed by atoms with Crippen molar-refractivity contribution in [3.63, 3.8) is 0 Å². The Morgan fingerprint density at radius 1 is 1.28 bits per heavy atom. The zero-order valence-corrected chi connectivity index (χ0v) is 10.5. The Morgan fingerprint density at radius 2 is 2.06 bits per heavy atom. The van der Waals surface area contributed by atoms with Crippen molar-refractivity contribution in [2.45, 2.75) is 50.7 Å². The van der Waals surface area contributed by atoms with Crippen molar-refractivity contribution in [1.29, 1.82) is 0 Å². The molecular weight excluding hydrogens is 232 g/mol. The summed E-state index contributed by atoms with van der Waals surface area (Å²) in [5, 5.41) is 8.50. The van der Waals surface area contributed by atoms with Crippen LogP contribution < -0.4 is 0 Å². The maximum absolute atomic E-state index is 11.0. The van der Waals surface area contributed by atoms with Crippen LogP contribution in [-0.2, 0) is 14.3 Å². The van der Waals surface area contributed by atoms with Gasteiger partial charge in [-0.1, -0.05) is 12.2 Å². The second-order valence-corrected chi connectivity index (χ2v) is 5.16. The first kappa shape index (κ1) is 13.3.